The largest absolute Gasteiger partial charge is 0.375 e. The first-order chi connectivity index (χ1) is 14.3. The molecule has 0 unspecified atom stereocenters. The Hall–Kier alpha value is -3.31. The maximum Gasteiger partial charge on any atom is 0.264 e. The van der Waals surface area contributed by atoms with Gasteiger partial charge in [-0.1, -0.05) is 60.2 Å². The van der Waals surface area contributed by atoms with Crippen molar-refractivity contribution in [3.63, 3.8) is 0 Å². The molecule has 0 radical (unpaired) electrons. The van der Waals surface area contributed by atoms with E-state index >= 15 is 0 Å². The lowest BCUT2D eigenvalue weighted by molar-refractivity contribution is -0.136. The predicted octanol–water partition coefficient (Wildman–Crippen LogP) is 4.45. The number of benzene rings is 3. The van der Waals surface area contributed by atoms with Crippen molar-refractivity contribution < 1.29 is 19.1 Å². The number of anilines is 1. The molecule has 0 saturated carbocycles. The van der Waals surface area contributed by atoms with Gasteiger partial charge in [-0.15, -0.1) is 0 Å². The normalized spacial score (nSPS) is 17.9. The second-order valence-corrected chi connectivity index (χ2v) is 7.78. The number of ketones is 1. The number of hydrogen-bond donors (Lipinski definition) is 1. The third-order valence-corrected chi connectivity index (χ3v) is 5.62. The Morgan fingerprint density at radius 3 is 2.47 bits per heavy atom. The number of nitrogens with zero attached hydrogens (tertiary/aromatic N) is 1. The number of carbonyl (C=O) groups excluding carboxylic acids is 2. The van der Waals surface area contributed by atoms with Crippen molar-refractivity contribution in [3.8, 4) is 0 Å². The molecule has 1 aliphatic heterocycles. The Labute approximate surface area is 174 Å². The van der Waals surface area contributed by atoms with Crippen LogP contribution in [0.25, 0.3) is 0 Å². The molecule has 4 nitrogen and oxygen atoms in total. The van der Waals surface area contributed by atoms with E-state index in [0.717, 1.165) is 11.1 Å². The first-order valence-electron chi connectivity index (χ1n) is 9.79. The molecule has 0 spiro atoms. The molecule has 5 heteroatoms. The number of Topliss-reactive ketones (excluding diaryl/α,β-unsaturated/α-hetero) is 1. The quantitative estimate of drug-likeness (QED) is 0.641. The first-order valence-corrected chi connectivity index (χ1v) is 9.79. The van der Waals surface area contributed by atoms with Crippen LogP contribution in [0.2, 0.25) is 0 Å². The van der Waals surface area contributed by atoms with Crippen LogP contribution in [0.3, 0.4) is 0 Å². The number of aliphatic hydroxyl groups is 1. The fourth-order valence-corrected chi connectivity index (χ4v) is 4.09. The van der Waals surface area contributed by atoms with Gasteiger partial charge in [0.2, 0.25) is 0 Å². The average molecular weight is 403 g/mol. The van der Waals surface area contributed by atoms with Gasteiger partial charge in [0.05, 0.1) is 18.7 Å². The number of aryl methyl sites for hydroxylation is 2. The molecular formula is C25H22FNO3. The number of rotatable bonds is 5. The van der Waals surface area contributed by atoms with Crippen molar-refractivity contribution in [2.75, 3.05) is 4.90 Å². The molecular weight excluding hydrogens is 381 g/mol. The molecule has 0 aliphatic carbocycles. The Morgan fingerprint density at radius 2 is 1.73 bits per heavy atom. The number of para-hydroxylation sites is 1. The minimum Gasteiger partial charge on any atom is -0.375 e. The number of halogens is 1. The topological polar surface area (TPSA) is 57.6 Å². The summed E-state index contributed by atoms with van der Waals surface area (Å²) in [6.45, 7) is 3.74. The summed E-state index contributed by atoms with van der Waals surface area (Å²) in [7, 11) is 0. The highest BCUT2D eigenvalue weighted by Crippen LogP contribution is 2.43. The van der Waals surface area contributed by atoms with Gasteiger partial charge in [-0.25, -0.2) is 4.39 Å². The van der Waals surface area contributed by atoms with E-state index in [2.05, 4.69) is 0 Å². The van der Waals surface area contributed by atoms with E-state index in [1.54, 1.807) is 48.5 Å². The summed E-state index contributed by atoms with van der Waals surface area (Å²) in [5, 5.41) is 11.4. The van der Waals surface area contributed by atoms with Crippen LogP contribution in [0.1, 0.15) is 39.0 Å². The van der Waals surface area contributed by atoms with E-state index in [1.165, 1.54) is 11.0 Å². The summed E-state index contributed by atoms with van der Waals surface area (Å²) >= 11 is 0. The molecule has 0 saturated heterocycles. The smallest absolute Gasteiger partial charge is 0.264 e. The Bertz CT molecular complexity index is 1160. The molecule has 152 valence electrons. The van der Waals surface area contributed by atoms with Crippen LogP contribution >= 0.6 is 0 Å². The molecule has 3 aromatic carbocycles. The van der Waals surface area contributed by atoms with E-state index < -0.39 is 17.3 Å². The summed E-state index contributed by atoms with van der Waals surface area (Å²) < 4.78 is 14.2. The minimum atomic E-state index is -1.99. The highest BCUT2D eigenvalue weighted by Gasteiger charge is 2.50. The minimum absolute atomic E-state index is 0.0252. The molecule has 0 bridgehead atoms. The lowest BCUT2D eigenvalue weighted by atomic mass is 9.87. The van der Waals surface area contributed by atoms with Crippen LogP contribution in [0.15, 0.2) is 66.7 Å². The van der Waals surface area contributed by atoms with Crippen molar-refractivity contribution in [2.45, 2.75) is 32.4 Å². The standard InChI is InChI=1S/C25H22FNO3/c1-16-11-12-19(17(2)13-16)23(28)14-25(30)20-8-4-6-10-22(20)27(24(25)29)15-18-7-3-5-9-21(18)26/h3-13,30H,14-15H2,1-2H3/t25-/m1/s1. The second kappa shape index (κ2) is 7.50. The summed E-state index contributed by atoms with van der Waals surface area (Å²) in [6.07, 6.45) is -0.374. The van der Waals surface area contributed by atoms with Crippen LogP contribution in [-0.4, -0.2) is 16.8 Å². The van der Waals surface area contributed by atoms with Crippen LogP contribution in [0, 0.1) is 19.7 Å². The average Bonchev–Trinajstić information content (AvgIpc) is 2.91. The van der Waals surface area contributed by atoms with Gasteiger partial charge < -0.3 is 10.0 Å². The zero-order valence-electron chi connectivity index (χ0n) is 16.9. The van der Waals surface area contributed by atoms with E-state index in [1.807, 2.05) is 26.0 Å². The highest BCUT2D eigenvalue weighted by molar-refractivity contribution is 6.11. The van der Waals surface area contributed by atoms with E-state index in [-0.39, 0.29) is 18.7 Å². The maximum absolute atomic E-state index is 14.2. The monoisotopic (exact) mass is 403 g/mol. The van der Waals surface area contributed by atoms with Gasteiger partial charge >= 0.3 is 0 Å². The molecule has 1 atom stereocenters. The zero-order valence-corrected chi connectivity index (χ0v) is 16.9. The molecule has 1 aliphatic rings. The summed E-state index contributed by atoms with van der Waals surface area (Å²) in [5.74, 6) is -1.36. The Morgan fingerprint density at radius 1 is 1.03 bits per heavy atom. The predicted molar refractivity (Wildman–Crippen MR) is 113 cm³/mol. The number of hydrogen-bond acceptors (Lipinski definition) is 3. The summed E-state index contributed by atoms with van der Waals surface area (Å²) in [6, 6.07) is 18.5. The number of amides is 1. The number of fused-ring (bicyclic) bond motifs is 1. The van der Waals surface area contributed by atoms with Crippen molar-refractivity contribution in [2.24, 2.45) is 0 Å². The van der Waals surface area contributed by atoms with Gasteiger partial charge in [0.1, 0.15) is 5.82 Å². The maximum atomic E-state index is 14.2. The van der Waals surface area contributed by atoms with E-state index in [4.69, 9.17) is 0 Å². The lowest BCUT2D eigenvalue weighted by Crippen LogP contribution is -2.41. The molecule has 1 heterocycles. The highest BCUT2D eigenvalue weighted by atomic mass is 19.1. The first kappa shape index (κ1) is 20.0. The Kier molecular flexibility index (Phi) is 5.00. The fourth-order valence-electron chi connectivity index (χ4n) is 4.09. The van der Waals surface area contributed by atoms with Crippen molar-refractivity contribution in [3.05, 3.63) is 100 Å². The summed E-state index contributed by atoms with van der Waals surface area (Å²) in [5.41, 5.74) is 1.51. The van der Waals surface area contributed by atoms with Gasteiger partial charge in [0, 0.05) is 16.7 Å². The molecule has 1 N–H and O–H groups in total. The van der Waals surface area contributed by atoms with Crippen LogP contribution in [0.5, 0.6) is 0 Å². The molecule has 0 fully saturated rings. The van der Waals surface area contributed by atoms with Gasteiger partial charge in [-0.05, 0) is 31.5 Å². The lowest BCUT2D eigenvalue weighted by Gasteiger charge is -2.23. The molecule has 1 amide bonds. The zero-order chi connectivity index (χ0) is 21.5. The van der Waals surface area contributed by atoms with E-state index in [0.29, 0.717) is 22.4 Å². The van der Waals surface area contributed by atoms with Crippen LogP contribution < -0.4 is 4.90 Å². The van der Waals surface area contributed by atoms with Crippen molar-refractivity contribution >= 4 is 17.4 Å². The molecule has 30 heavy (non-hydrogen) atoms. The van der Waals surface area contributed by atoms with Crippen LogP contribution in [0.4, 0.5) is 10.1 Å². The fraction of sp³-hybridized carbons (Fsp3) is 0.200. The van der Waals surface area contributed by atoms with Crippen molar-refractivity contribution in [1.29, 1.82) is 0 Å². The SMILES string of the molecule is Cc1ccc(C(=O)C[C@]2(O)C(=O)N(Cc3ccccc3F)c3ccccc32)c(C)c1. The third kappa shape index (κ3) is 3.31. The summed E-state index contributed by atoms with van der Waals surface area (Å²) in [4.78, 5) is 27.7. The van der Waals surface area contributed by atoms with Crippen LogP contribution in [-0.2, 0) is 16.9 Å². The van der Waals surface area contributed by atoms with Gasteiger partial charge in [0.25, 0.3) is 5.91 Å². The second-order valence-electron chi connectivity index (χ2n) is 7.78. The van der Waals surface area contributed by atoms with E-state index in [9.17, 15) is 19.1 Å². The van der Waals surface area contributed by atoms with Gasteiger partial charge in [-0.2, -0.15) is 0 Å². The molecule has 4 rings (SSSR count). The Balaban J connectivity index is 1.70. The van der Waals surface area contributed by atoms with Gasteiger partial charge in [-0.3, -0.25) is 9.59 Å². The molecule has 0 aromatic heterocycles. The molecule has 3 aromatic rings. The third-order valence-electron chi connectivity index (χ3n) is 5.62. The van der Waals surface area contributed by atoms with Gasteiger partial charge in [0.15, 0.2) is 11.4 Å². The number of carbonyl (C=O) groups is 2. The van der Waals surface area contributed by atoms with Crippen molar-refractivity contribution in [1.82, 2.24) is 0 Å².